The van der Waals surface area contributed by atoms with Gasteiger partial charge in [0.2, 0.25) is 5.91 Å². The van der Waals surface area contributed by atoms with Crippen LogP contribution in [-0.4, -0.2) is 38.6 Å². The summed E-state index contributed by atoms with van der Waals surface area (Å²) in [5.41, 5.74) is 5.42. The van der Waals surface area contributed by atoms with E-state index in [0.717, 1.165) is 43.0 Å². The van der Waals surface area contributed by atoms with Crippen molar-refractivity contribution in [3.05, 3.63) is 82.9 Å². The van der Waals surface area contributed by atoms with Crippen LogP contribution in [0.25, 0.3) is 5.69 Å². The quantitative estimate of drug-likeness (QED) is 0.558. The zero-order valence-corrected chi connectivity index (χ0v) is 18.5. The number of amides is 1. The van der Waals surface area contributed by atoms with Crippen LogP contribution < -0.4 is 0 Å². The first-order valence-electron chi connectivity index (χ1n) is 11.4. The van der Waals surface area contributed by atoms with Crippen molar-refractivity contribution in [2.24, 2.45) is 5.92 Å². The number of benzene rings is 2. The number of carbonyl (C=O) groups is 1. The summed E-state index contributed by atoms with van der Waals surface area (Å²) in [6, 6.07) is 17.0. The Morgan fingerprint density at radius 2 is 1.97 bits per heavy atom. The van der Waals surface area contributed by atoms with Gasteiger partial charge < -0.3 is 4.90 Å². The first-order chi connectivity index (χ1) is 15.6. The summed E-state index contributed by atoms with van der Waals surface area (Å²) in [4.78, 5) is 16.6. The van der Waals surface area contributed by atoms with E-state index in [4.69, 9.17) is 5.10 Å². The van der Waals surface area contributed by atoms with Gasteiger partial charge in [0, 0.05) is 45.1 Å². The molecule has 1 saturated carbocycles. The van der Waals surface area contributed by atoms with Crippen LogP contribution in [0.4, 0.5) is 4.39 Å². The molecule has 0 spiro atoms. The lowest BCUT2D eigenvalue weighted by Crippen LogP contribution is -2.33. The molecule has 0 radical (unpaired) electrons. The van der Waals surface area contributed by atoms with E-state index in [2.05, 4.69) is 21.7 Å². The van der Waals surface area contributed by atoms with Gasteiger partial charge in [-0.25, -0.2) is 9.07 Å². The summed E-state index contributed by atoms with van der Waals surface area (Å²) in [5.74, 6) is 0.540. The van der Waals surface area contributed by atoms with Crippen LogP contribution in [0, 0.1) is 11.7 Å². The Labute approximate surface area is 188 Å². The molecular formula is C26H29FN4O. The van der Waals surface area contributed by atoms with E-state index in [9.17, 15) is 9.18 Å². The Kier molecular flexibility index (Phi) is 5.79. The Balaban J connectivity index is 1.45. The molecule has 5 rings (SSSR count). The van der Waals surface area contributed by atoms with Crippen LogP contribution in [0.3, 0.4) is 0 Å². The number of para-hydroxylation sites is 1. The maximum atomic E-state index is 13.7. The highest BCUT2D eigenvalue weighted by molar-refractivity contribution is 5.73. The maximum Gasteiger partial charge on any atom is 0.219 e. The van der Waals surface area contributed by atoms with Gasteiger partial charge in [-0.2, -0.15) is 5.10 Å². The van der Waals surface area contributed by atoms with E-state index >= 15 is 0 Å². The molecule has 0 saturated heterocycles. The van der Waals surface area contributed by atoms with Gasteiger partial charge in [-0.05, 0) is 48.6 Å². The molecule has 6 heteroatoms. The predicted octanol–water partition coefficient (Wildman–Crippen LogP) is 4.33. The van der Waals surface area contributed by atoms with Crippen molar-refractivity contribution in [1.82, 2.24) is 19.6 Å². The van der Waals surface area contributed by atoms with Crippen molar-refractivity contribution in [2.45, 2.75) is 45.8 Å². The minimum atomic E-state index is -0.199. The zero-order valence-electron chi connectivity index (χ0n) is 18.5. The molecule has 1 aliphatic heterocycles. The molecular weight excluding hydrogens is 403 g/mol. The van der Waals surface area contributed by atoms with E-state index in [0.29, 0.717) is 19.0 Å². The highest BCUT2D eigenvalue weighted by Crippen LogP contribution is 2.32. The first kappa shape index (κ1) is 20.9. The van der Waals surface area contributed by atoms with E-state index in [1.54, 1.807) is 19.1 Å². The average molecular weight is 433 g/mol. The number of hydrogen-bond acceptors (Lipinski definition) is 3. The summed E-state index contributed by atoms with van der Waals surface area (Å²) in [5, 5.41) is 5.00. The third kappa shape index (κ3) is 4.60. The van der Waals surface area contributed by atoms with Crippen LogP contribution in [0.15, 0.2) is 54.6 Å². The molecule has 0 N–H and O–H groups in total. The van der Waals surface area contributed by atoms with E-state index in [1.807, 2.05) is 29.2 Å². The molecule has 32 heavy (non-hydrogen) atoms. The summed E-state index contributed by atoms with van der Waals surface area (Å²) in [6.07, 6.45) is 3.29. The van der Waals surface area contributed by atoms with Crippen LogP contribution in [0.5, 0.6) is 0 Å². The summed E-state index contributed by atoms with van der Waals surface area (Å²) < 4.78 is 15.7. The van der Waals surface area contributed by atoms with Crippen molar-refractivity contribution in [2.75, 3.05) is 13.1 Å². The van der Waals surface area contributed by atoms with Crippen LogP contribution in [0.1, 0.15) is 42.3 Å². The van der Waals surface area contributed by atoms with Crippen molar-refractivity contribution in [3.63, 3.8) is 0 Å². The molecule has 1 aliphatic carbocycles. The maximum absolute atomic E-state index is 13.7. The predicted molar refractivity (Wildman–Crippen MR) is 122 cm³/mol. The van der Waals surface area contributed by atoms with Crippen LogP contribution >= 0.6 is 0 Å². The fraction of sp³-hybridized carbons (Fsp3) is 0.385. The molecule has 1 fully saturated rings. The van der Waals surface area contributed by atoms with Gasteiger partial charge in [-0.1, -0.05) is 30.3 Å². The van der Waals surface area contributed by atoms with E-state index in [-0.39, 0.29) is 11.7 Å². The summed E-state index contributed by atoms with van der Waals surface area (Å²) in [7, 11) is 0. The number of nitrogens with zero attached hydrogens (tertiary/aromatic N) is 4. The van der Waals surface area contributed by atoms with Gasteiger partial charge in [0.1, 0.15) is 5.82 Å². The van der Waals surface area contributed by atoms with Crippen molar-refractivity contribution in [1.29, 1.82) is 0 Å². The molecule has 5 nitrogen and oxygen atoms in total. The van der Waals surface area contributed by atoms with Crippen molar-refractivity contribution < 1.29 is 9.18 Å². The number of hydrogen-bond donors (Lipinski definition) is 0. The first-order valence-corrected chi connectivity index (χ1v) is 11.4. The van der Waals surface area contributed by atoms with Gasteiger partial charge >= 0.3 is 0 Å². The van der Waals surface area contributed by atoms with Crippen LogP contribution in [-0.2, 0) is 30.8 Å². The summed E-state index contributed by atoms with van der Waals surface area (Å²) >= 11 is 0. The lowest BCUT2D eigenvalue weighted by atomic mass is 10.0. The molecule has 0 atom stereocenters. The SMILES string of the molecule is CC(=O)N(Cc1nn(-c2ccccc2)c2c1CN(Cc1cccc(F)c1)CC2)CC1CC1. The second-order valence-electron chi connectivity index (χ2n) is 9.05. The van der Waals surface area contributed by atoms with Gasteiger partial charge in [-0.3, -0.25) is 9.69 Å². The van der Waals surface area contributed by atoms with Gasteiger partial charge in [0.25, 0.3) is 0 Å². The number of fused-ring (bicyclic) bond motifs is 1. The smallest absolute Gasteiger partial charge is 0.219 e. The van der Waals surface area contributed by atoms with Gasteiger partial charge in [0.05, 0.1) is 23.6 Å². The molecule has 2 aromatic carbocycles. The highest BCUT2D eigenvalue weighted by Gasteiger charge is 2.30. The Morgan fingerprint density at radius 1 is 1.16 bits per heavy atom. The molecule has 2 heterocycles. The lowest BCUT2D eigenvalue weighted by molar-refractivity contribution is -0.129. The third-order valence-corrected chi connectivity index (χ3v) is 6.48. The lowest BCUT2D eigenvalue weighted by Gasteiger charge is -2.28. The number of carbonyl (C=O) groups excluding carboxylic acids is 1. The van der Waals surface area contributed by atoms with Crippen molar-refractivity contribution in [3.8, 4) is 5.69 Å². The van der Waals surface area contributed by atoms with E-state index < -0.39 is 0 Å². The van der Waals surface area contributed by atoms with Crippen molar-refractivity contribution >= 4 is 5.91 Å². The van der Waals surface area contributed by atoms with Gasteiger partial charge in [0.15, 0.2) is 0 Å². The second-order valence-corrected chi connectivity index (χ2v) is 9.05. The molecule has 1 amide bonds. The second kappa shape index (κ2) is 8.87. The van der Waals surface area contributed by atoms with Crippen LogP contribution in [0.2, 0.25) is 0 Å². The fourth-order valence-electron chi connectivity index (χ4n) is 4.58. The molecule has 1 aromatic heterocycles. The topological polar surface area (TPSA) is 41.4 Å². The summed E-state index contributed by atoms with van der Waals surface area (Å²) in [6.45, 7) is 5.35. The molecule has 2 aliphatic rings. The largest absolute Gasteiger partial charge is 0.337 e. The minimum absolute atomic E-state index is 0.104. The standard InChI is InChI=1S/C26H29FN4O/c1-19(32)30(16-20-10-11-20)18-25-24-17-29(15-21-6-5-7-22(27)14-21)13-12-26(24)31(28-25)23-8-3-2-4-9-23/h2-9,14,20H,10-13,15-18H2,1H3. The highest BCUT2D eigenvalue weighted by atomic mass is 19.1. The fourth-order valence-corrected chi connectivity index (χ4v) is 4.58. The number of aromatic nitrogens is 2. The monoisotopic (exact) mass is 432 g/mol. The average Bonchev–Trinajstić information content (AvgIpc) is 3.54. The molecule has 166 valence electrons. The molecule has 0 unspecified atom stereocenters. The van der Waals surface area contributed by atoms with E-state index in [1.165, 1.54) is 30.2 Å². The normalized spacial score (nSPS) is 16.1. The Morgan fingerprint density at radius 3 is 2.69 bits per heavy atom. The number of rotatable bonds is 7. The Hall–Kier alpha value is -2.99. The molecule has 3 aromatic rings. The Bertz CT molecular complexity index is 1110. The number of halogens is 1. The van der Waals surface area contributed by atoms with Gasteiger partial charge in [-0.15, -0.1) is 0 Å². The minimum Gasteiger partial charge on any atom is -0.337 e. The zero-order chi connectivity index (χ0) is 22.1. The molecule has 0 bridgehead atoms. The third-order valence-electron chi connectivity index (χ3n) is 6.48.